The van der Waals surface area contributed by atoms with Crippen molar-refractivity contribution in [3.63, 3.8) is 0 Å². The Morgan fingerprint density at radius 1 is 0.525 bits per heavy atom. The average Bonchev–Trinajstić information content (AvgIpc) is 3.00. The molecule has 0 radical (unpaired) electrons. The highest BCUT2D eigenvalue weighted by molar-refractivity contribution is 5.93. The number of aryl methyl sites for hydroxylation is 2. The van der Waals surface area contributed by atoms with Gasteiger partial charge in [0.2, 0.25) is 0 Å². The van der Waals surface area contributed by atoms with Crippen LogP contribution in [0, 0.1) is 0 Å². The van der Waals surface area contributed by atoms with E-state index in [1.807, 2.05) is 12.1 Å². The van der Waals surface area contributed by atoms with E-state index in [-0.39, 0.29) is 5.75 Å². The van der Waals surface area contributed by atoms with Crippen molar-refractivity contribution in [2.75, 3.05) is 4.90 Å². The van der Waals surface area contributed by atoms with Gasteiger partial charge in [-0.25, -0.2) is 0 Å². The molecule has 5 aromatic carbocycles. The molecule has 0 aliphatic heterocycles. The summed E-state index contributed by atoms with van der Waals surface area (Å²) < 4.78 is 0. The SMILES string of the molecule is CCCCc1ccc(-c2ccccc2N(c2cccc(O)c2)c2ccccc2-c2ccc(CCCC)cc2)cc1. The fourth-order valence-corrected chi connectivity index (χ4v) is 5.33. The molecule has 5 aromatic rings. The van der Waals surface area contributed by atoms with Gasteiger partial charge in [0.25, 0.3) is 0 Å². The summed E-state index contributed by atoms with van der Waals surface area (Å²) in [5, 5.41) is 10.5. The summed E-state index contributed by atoms with van der Waals surface area (Å²) in [6, 6.07) is 42.7. The van der Waals surface area contributed by atoms with E-state index >= 15 is 0 Å². The Kier molecular flexibility index (Phi) is 8.98. The molecule has 0 aromatic heterocycles. The van der Waals surface area contributed by atoms with Crippen molar-refractivity contribution in [3.05, 3.63) is 132 Å². The number of benzene rings is 5. The van der Waals surface area contributed by atoms with E-state index in [0.29, 0.717) is 0 Å². The second kappa shape index (κ2) is 13.2. The Labute approximate surface area is 239 Å². The lowest BCUT2D eigenvalue weighted by Gasteiger charge is -2.30. The minimum Gasteiger partial charge on any atom is -0.508 e. The molecule has 202 valence electrons. The molecular formula is C38H39NO. The average molecular weight is 526 g/mol. The second-order valence-corrected chi connectivity index (χ2v) is 10.5. The number of hydrogen-bond acceptors (Lipinski definition) is 2. The number of anilines is 3. The van der Waals surface area contributed by atoms with Crippen LogP contribution in [0.3, 0.4) is 0 Å². The number of unbranched alkanes of at least 4 members (excludes halogenated alkanes) is 2. The highest BCUT2D eigenvalue weighted by Crippen LogP contribution is 2.45. The molecule has 2 nitrogen and oxygen atoms in total. The summed E-state index contributed by atoms with van der Waals surface area (Å²) in [6.07, 6.45) is 7.03. The molecule has 0 atom stereocenters. The molecule has 0 saturated heterocycles. The number of para-hydroxylation sites is 2. The van der Waals surface area contributed by atoms with E-state index < -0.39 is 0 Å². The molecule has 0 aliphatic carbocycles. The van der Waals surface area contributed by atoms with Gasteiger partial charge in [0.15, 0.2) is 0 Å². The minimum atomic E-state index is 0.248. The quantitative estimate of drug-likeness (QED) is 0.185. The maximum absolute atomic E-state index is 10.5. The third-order valence-corrected chi connectivity index (χ3v) is 7.55. The van der Waals surface area contributed by atoms with Crippen LogP contribution in [0.15, 0.2) is 121 Å². The van der Waals surface area contributed by atoms with Gasteiger partial charge in [0.1, 0.15) is 5.75 Å². The summed E-state index contributed by atoms with van der Waals surface area (Å²) in [7, 11) is 0. The van der Waals surface area contributed by atoms with Crippen LogP contribution in [0.1, 0.15) is 50.7 Å². The monoisotopic (exact) mass is 525 g/mol. The minimum absolute atomic E-state index is 0.248. The second-order valence-electron chi connectivity index (χ2n) is 10.5. The van der Waals surface area contributed by atoms with Crippen molar-refractivity contribution in [2.45, 2.75) is 52.4 Å². The zero-order valence-corrected chi connectivity index (χ0v) is 23.7. The molecule has 0 unspecified atom stereocenters. The van der Waals surface area contributed by atoms with Crippen LogP contribution >= 0.6 is 0 Å². The summed E-state index contributed by atoms with van der Waals surface area (Å²) in [6.45, 7) is 4.47. The highest BCUT2D eigenvalue weighted by atomic mass is 16.3. The number of aromatic hydroxyl groups is 1. The summed E-state index contributed by atoms with van der Waals surface area (Å²) in [5.74, 6) is 0.248. The van der Waals surface area contributed by atoms with Gasteiger partial charge >= 0.3 is 0 Å². The van der Waals surface area contributed by atoms with Gasteiger partial charge in [-0.2, -0.15) is 0 Å². The van der Waals surface area contributed by atoms with Crippen molar-refractivity contribution in [1.82, 2.24) is 0 Å². The van der Waals surface area contributed by atoms with Crippen LogP contribution in [0.25, 0.3) is 22.3 Å². The standard InChI is InChI=1S/C38H39NO/c1-3-5-12-29-20-24-31(25-21-29)35-16-7-9-18-37(35)39(33-14-11-15-34(40)28-33)38-19-10-8-17-36(38)32-26-22-30(23-27-32)13-6-4-2/h7-11,14-28,40H,3-6,12-13H2,1-2H3. The van der Waals surface area contributed by atoms with Gasteiger partial charge in [-0.15, -0.1) is 0 Å². The first-order valence-corrected chi connectivity index (χ1v) is 14.6. The van der Waals surface area contributed by atoms with Crippen molar-refractivity contribution in [1.29, 1.82) is 0 Å². The summed E-state index contributed by atoms with van der Waals surface area (Å²) in [5.41, 5.74) is 10.5. The van der Waals surface area contributed by atoms with Gasteiger partial charge in [-0.05, 0) is 72.2 Å². The molecule has 0 fully saturated rings. The topological polar surface area (TPSA) is 23.5 Å². The molecule has 2 heteroatoms. The summed E-state index contributed by atoms with van der Waals surface area (Å²) >= 11 is 0. The zero-order valence-electron chi connectivity index (χ0n) is 23.7. The Morgan fingerprint density at radius 3 is 1.45 bits per heavy atom. The number of hydrogen-bond donors (Lipinski definition) is 1. The van der Waals surface area contributed by atoms with Crippen LogP contribution in [-0.4, -0.2) is 5.11 Å². The molecule has 40 heavy (non-hydrogen) atoms. The normalized spacial score (nSPS) is 10.9. The lowest BCUT2D eigenvalue weighted by Crippen LogP contribution is -2.12. The molecule has 0 bridgehead atoms. The smallest absolute Gasteiger partial charge is 0.117 e. The van der Waals surface area contributed by atoms with Crippen molar-refractivity contribution in [3.8, 4) is 28.0 Å². The van der Waals surface area contributed by atoms with E-state index in [9.17, 15) is 5.11 Å². The van der Waals surface area contributed by atoms with E-state index in [1.165, 1.54) is 47.9 Å². The largest absolute Gasteiger partial charge is 0.508 e. The van der Waals surface area contributed by atoms with Crippen molar-refractivity contribution in [2.24, 2.45) is 0 Å². The van der Waals surface area contributed by atoms with Crippen molar-refractivity contribution >= 4 is 17.1 Å². The van der Waals surface area contributed by atoms with E-state index in [4.69, 9.17) is 0 Å². The molecule has 5 rings (SSSR count). The molecule has 0 aliphatic rings. The van der Waals surface area contributed by atoms with Crippen LogP contribution < -0.4 is 4.90 Å². The third-order valence-electron chi connectivity index (χ3n) is 7.55. The maximum atomic E-state index is 10.5. The first-order valence-electron chi connectivity index (χ1n) is 14.6. The highest BCUT2D eigenvalue weighted by Gasteiger charge is 2.20. The van der Waals surface area contributed by atoms with Crippen LogP contribution in [0.2, 0.25) is 0 Å². The van der Waals surface area contributed by atoms with Crippen LogP contribution in [0.5, 0.6) is 5.75 Å². The van der Waals surface area contributed by atoms with Crippen molar-refractivity contribution < 1.29 is 5.11 Å². The lowest BCUT2D eigenvalue weighted by molar-refractivity contribution is 0.475. The first-order chi connectivity index (χ1) is 19.7. The zero-order chi connectivity index (χ0) is 27.7. The van der Waals surface area contributed by atoms with Gasteiger partial charge in [0, 0.05) is 22.9 Å². The first kappa shape index (κ1) is 27.3. The Hall–Kier alpha value is -4.30. The molecule has 0 amide bonds. The maximum Gasteiger partial charge on any atom is 0.117 e. The van der Waals surface area contributed by atoms with Gasteiger partial charge in [-0.1, -0.05) is 118 Å². The van der Waals surface area contributed by atoms with E-state index in [0.717, 1.165) is 41.0 Å². The Balaban J connectivity index is 1.63. The number of phenolic OH excluding ortho intramolecular Hbond substituents is 1. The molecule has 0 heterocycles. The van der Waals surface area contributed by atoms with Gasteiger partial charge in [0.05, 0.1) is 11.4 Å². The van der Waals surface area contributed by atoms with Crippen LogP contribution in [-0.2, 0) is 12.8 Å². The number of nitrogens with zero attached hydrogens (tertiary/aromatic N) is 1. The third kappa shape index (κ3) is 6.29. The predicted molar refractivity (Wildman–Crippen MR) is 171 cm³/mol. The fraction of sp³-hybridized carbons (Fsp3) is 0.211. The van der Waals surface area contributed by atoms with Crippen LogP contribution in [0.4, 0.5) is 17.1 Å². The molecular weight excluding hydrogens is 486 g/mol. The fourth-order valence-electron chi connectivity index (χ4n) is 5.33. The van der Waals surface area contributed by atoms with Gasteiger partial charge < -0.3 is 10.0 Å². The van der Waals surface area contributed by atoms with E-state index in [2.05, 4.69) is 122 Å². The lowest BCUT2D eigenvalue weighted by atomic mass is 9.97. The number of phenols is 1. The molecule has 1 N–H and O–H groups in total. The van der Waals surface area contributed by atoms with Gasteiger partial charge in [-0.3, -0.25) is 0 Å². The Morgan fingerprint density at radius 2 is 1.00 bits per heavy atom. The summed E-state index contributed by atoms with van der Waals surface area (Å²) in [4.78, 5) is 2.28. The predicted octanol–water partition coefficient (Wildman–Crippen LogP) is 10.9. The molecule has 0 spiro atoms. The molecule has 0 saturated carbocycles. The number of rotatable bonds is 11. The van der Waals surface area contributed by atoms with E-state index in [1.54, 1.807) is 6.07 Å². The Bertz CT molecular complexity index is 1420.